The molecule has 2 aromatic rings. The third kappa shape index (κ3) is 4.53. The van der Waals surface area contributed by atoms with E-state index >= 15 is 0 Å². The molecule has 0 saturated carbocycles. The highest BCUT2D eigenvalue weighted by molar-refractivity contribution is 7.89. The van der Waals surface area contributed by atoms with Gasteiger partial charge in [-0.05, 0) is 43.3 Å². The summed E-state index contributed by atoms with van der Waals surface area (Å²) in [5.74, 6) is 0.634. The van der Waals surface area contributed by atoms with Gasteiger partial charge in [0.1, 0.15) is 0 Å². The van der Waals surface area contributed by atoms with Crippen molar-refractivity contribution in [1.82, 2.24) is 4.31 Å². The zero-order chi connectivity index (χ0) is 19.3. The average Bonchev–Trinajstić information content (AvgIpc) is 2.62. The quantitative estimate of drug-likeness (QED) is 0.799. The van der Waals surface area contributed by atoms with Crippen molar-refractivity contribution in [3.8, 4) is 11.5 Å². The van der Waals surface area contributed by atoms with Gasteiger partial charge in [0.2, 0.25) is 10.0 Å². The molecule has 1 N–H and O–H groups in total. The van der Waals surface area contributed by atoms with Gasteiger partial charge in [0.25, 0.3) is 5.91 Å². The lowest BCUT2D eigenvalue weighted by Gasteiger charge is -2.17. The lowest BCUT2D eigenvalue weighted by atomic mass is 10.3. The molecular weight excluding hydrogens is 356 g/mol. The second-order valence-electron chi connectivity index (χ2n) is 5.71. The zero-order valence-corrected chi connectivity index (χ0v) is 15.9. The molecule has 0 radical (unpaired) electrons. The number of amides is 1. The first-order chi connectivity index (χ1) is 12.3. The topological polar surface area (TPSA) is 84.9 Å². The van der Waals surface area contributed by atoms with Gasteiger partial charge in [0, 0.05) is 19.8 Å². The summed E-state index contributed by atoms with van der Waals surface area (Å²) in [5, 5.41) is 2.69. The average molecular weight is 378 g/mol. The Kier molecular flexibility index (Phi) is 6.23. The number of carbonyl (C=O) groups is 1. The van der Waals surface area contributed by atoms with E-state index in [0.717, 1.165) is 4.31 Å². The van der Waals surface area contributed by atoms with Gasteiger partial charge >= 0.3 is 0 Å². The number of rotatable bonds is 7. The maximum Gasteiger partial charge on any atom is 0.265 e. The molecule has 0 aliphatic carbocycles. The van der Waals surface area contributed by atoms with Crippen LogP contribution < -0.4 is 14.8 Å². The third-order valence-electron chi connectivity index (χ3n) is 3.64. The SMILES string of the molecule is COc1ccccc1OC(C)C(=O)Nc1ccc(S(=O)(=O)N(C)C)cc1. The highest BCUT2D eigenvalue weighted by atomic mass is 32.2. The fourth-order valence-corrected chi connectivity index (χ4v) is 3.03. The fourth-order valence-electron chi connectivity index (χ4n) is 2.13. The van der Waals surface area contributed by atoms with Gasteiger partial charge in [-0.3, -0.25) is 4.79 Å². The summed E-state index contributed by atoms with van der Waals surface area (Å²) in [6.45, 7) is 1.62. The molecule has 1 unspecified atom stereocenters. The normalized spacial score (nSPS) is 12.5. The second-order valence-corrected chi connectivity index (χ2v) is 7.86. The minimum Gasteiger partial charge on any atom is -0.493 e. The van der Waals surface area contributed by atoms with Gasteiger partial charge in [0.05, 0.1) is 12.0 Å². The third-order valence-corrected chi connectivity index (χ3v) is 5.47. The van der Waals surface area contributed by atoms with E-state index in [1.54, 1.807) is 31.2 Å². The van der Waals surface area contributed by atoms with Crippen LogP contribution in [-0.2, 0) is 14.8 Å². The first kappa shape index (κ1) is 19.7. The molecule has 1 atom stereocenters. The molecular formula is C18H22N2O5S. The van der Waals surface area contributed by atoms with Gasteiger partial charge in [-0.1, -0.05) is 12.1 Å². The number of hydrogen-bond donors (Lipinski definition) is 1. The Bertz CT molecular complexity index is 863. The van der Waals surface area contributed by atoms with E-state index in [-0.39, 0.29) is 10.8 Å². The van der Waals surface area contributed by atoms with E-state index in [4.69, 9.17) is 9.47 Å². The van der Waals surface area contributed by atoms with Crippen LogP contribution >= 0.6 is 0 Å². The maximum absolute atomic E-state index is 12.3. The molecule has 0 bridgehead atoms. The van der Waals surface area contributed by atoms with Gasteiger partial charge in [-0.25, -0.2) is 12.7 Å². The summed E-state index contributed by atoms with van der Waals surface area (Å²) in [6, 6.07) is 13.0. The molecule has 0 aliphatic heterocycles. The van der Waals surface area contributed by atoms with Gasteiger partial charge in [-0.2, -0.15) is 0 Å². The monoisotopic (exact) mass is 378 g/mol. The minimum atomic E-state index is -3.50. The number of nitrogens with zero attached hydrogens (tertiary/aromatic N) is 1. The molecule has 26 heavy (non-hydrogen) atoms. The molecule has 0 heterocycles. The lowest BCUT2D eigenvalue weighted by molar-refractivity contribution is -0.122. The first-order valence-corrected chi connectivity index (χ1v) is 9.33. The van der Waals surface area contributed by atoms with Crippen LogP contribution in [0.25, 0.3) is 0 Å². The zero-order valence-electron chi connectivity index (χ0n) is 15.1. The van der Waals surface area contributed by atoms with Crippen LogP contribution in [0.2, 0.25) is 0 Å². The van der Waals surface area contributed by atoms with Gasteiger partial charge < -0.3 is 14.8 Å². The van der Waals surface area contributed by atoms with Crippen molar-refractivity contribution in [3.63, 3.8) is 0 Å². The van der Waals surface area contributed by atoms with E-state index in [1.807, 2.05) is 0 Å². The van der Waals surface area contributed by atoms with Crippen molar-refractivity contribution < 1.29 is 22.7 Å². The van der Waals surface area contributed by atoms with Crippen LogP contribution in [-0.4, -0.2) is 45.9 Å². The van der Waals surface area contributed by atoms with Gasteiger partial charge in [0.15, 0.2) is 17.6 Å². The number of ether oxygens (including phenoxy) is 2. The first-order valence-electron chi connectivity index (χ1n) is 7.89. The highest BCUT2D eigenvalue weighted by Gasteiger charge is 2.19. The second kappa shape index (κ2) is 8.20. The Hall–Kier alpha value is -2.58. The van der Waals surface area contributed by atoms with Crippen molar-refractivity contribution in [2.45, 2.75) is 17.9 Å². The molecule has 2 rings (SSSR count). The maximum atomic E-state index is 12.3. The number of anilines is 1. The standard InChI is InChI=1S/C18H22N2O5S/c1-13(25-17-8-6-5-7-16(17)24-4)18(21)19-14-9-11-15(12-10-14)26(22,23)20(2)3/h5-13H,1-4H3,(H,19,21). The molecule has 0 spiro atoms. The van der Waals surface area contributed by atoms with E-state index < -0.39 is 16.1 Å². The summed E-state index contributed by atoms with van der Waals surface area (Å²) in [5.41, 5.74) is 0.475. The van der Waals surface area contributed by atoms with Gasteiger partial charge in [-0.15, -0.1) is 0 Å². The van der Waals surface area contributed by atoms with Crippen LogP contribution in [0, 0.1) is 0 Å². The van der Waals surface area contributed by atoms with E-state index in [0.29, 0.717) is 17.2 Å². The van der Waals surface area contributed by atoms with Crippen LogP contribution in [0.4, 0.5) is 5.69 Å². The summed E-state index contributed by atoms with van der Waals surface area (Å²) < 4.78 is 36.0. The summed E-state index contributed by atoms with van der Waals surface area (Å²) in [6.07, 6.45) is -0.767. The summed E-state index contributed by atoms with van der Waals surface area (Å²) in [7, 11) is 0.940. The Balaban J connectivity index is 2.05. The molecule has 140 valence electrons. The van der Waals surface area contributed by atoms with E-state index in [9.17, 15) is 13.2 Å². The van der Waals surface area contributed by atoms with Crippen LogP contribution in [0.5, 0.6) is 11.5 Å². The van der Waals surface area contributed by atoms with Crippen molar-refractivity contribution in [1.29, 1.82) is 0 Å². The number of carbonyl (C=O) groups excluding carboxylic acids is 1. The number of hydrogen-bond acceptors (Lipinski definition) is 5. The van der Waals surface area contributed by atoms with E-state index in [2.05, 4.69) is 5.32 Å². The Morgan fingerprint density at radius 3 is 2.15 bits per heavy atom. The summed E-state index contributed by atoms with van der Waals surface area (Å²) >= 11 is 0. The van der Waals surface area contributed by atoms with Crippen molar-refractivity contribution in [2.24, 2.45) is 0 Å². The molecule has 0 aromatic heterocycles. The number of sulfonamides is 1. The largest absolute Gasteiger partial charge is 0.493 e. The molecule has 0 fully saturated rings. The fraction of sp³-hybridized carbons (Fsp3) is 0.278. The minimum absolute atomic E-state index is 0.152. The molecule has 0 saturated heterocycles. The number of benzene rings is 2. The molecule has 8 heteroatoms. The van der Waals surface area contributed by atoms with Crippen molar-refractivity contribution >= 4 is 21.6 Å². The predicted octanol–water partition coefficient (Wildman–Crippen LogP) is 2.35. The predicted molar refractivity (Wildman–Crippen MR) is 99.0 cm³/mol. The van der Waals surface area contributed by atoms with Crippen molar-refractivity contribution in [2.75, 3.05) is 26.5 Å². The van der Waals surface area contributed by atoms with Crippen LogP contribution in [0.15, 0.2) is 53.4 Å². The number of para-hydroxylation sites is 2. The Morgan fingerprint density at radius 2 is 1.62 bits per heavy atom. The van der Waals surface area contributed by atoms with E-state index in [1.165, 1.54) is 45.5 Å². The molecule has 7 nitrogen and oxygen atoms in total. The number of methoxy groups -OCH3 is 1. The Labute approximate surface area is 153 Å². The molecule has 2 aromatic carbocycles. The number of nitrogens with one attached hydrogen (secondary N) is 1. The lowest BCUT2D eigenvalue weighted by Crippen LogP contribution is -2.30. The highest BCUT2D eigenvalue weighted by Crippen LogP contribution is 2.27. The van der Waals surface area contributed by atoms with Crippen molar-refractivity contribution in [3.05, 3.63) is 48.5 Å². The van der Waals surface area contributed by atoms with Crippen LogP contribution in [0.3, 0.4) is 0 Å². The molecule has 1 amide bonds. The van der Waals surface area contributed by atoms with Crippen LogP contribution in [0.1, 0.15) is 6.92 Å². The molecule has 0 aliphatic rings. The summed E-state index contributed by atoms with van der Waals surface area (Å²) in [4.78, 5) is 12.5. The smallest absolute Gasteiger partial charge is 0.265 e. The Morgan fingerprint density at radius 1 is 1.04 bits per heavy atom.